The van der Waals surface area contributed by atoms with Crippen molar-refractivity contribution in [2.45, 2.75) is 103 Å². The average molecular weight is 1010 g/mol. The molecule has 6 heterocycles. The first kappa shape index (κ1) is 54.3. The van der Waals surface area contributed by atoms with Crippen LogP contribution in [0.25, 0.3) is 0 Å². The fourth-order valence-corrected chi connectivity index (χ4v) is 8.55. The fourth-order valence-electron chi connectivity index (χ4n) is 8.55. The van der Waals surface area contributed by atoms with Gasteiger partial charge in [-0.3, -0.25) is 88.2 Å². The molecule has 22 nitrogen and oxygen atoms in total. The highest BCUT2D eigenvalue weighted by atomic mass is 19.1. The van der Waals surface area contributed by atoms with E-state index in [0.29, 0.717) is 29.9 Å². The summed E-state index contributed by atoms with van der Waals surface area (Å²) >= 11 is 0. The summed E-state index contributed by atoms with van der Waals surface area (Å²) in [6, 6.07) is 10.3. The van der Waals surface area contributed by atoms with Crippen LogP contribution in [0.5, 0.6) is 0 Å². The summed E-state index contributed by atoms with van der Waals surface area (Å²) in [5.41, 5.74) is 13.2. The number of nitrogens with one attached hydrogen (secondary N) is 5. The molecule has 0 bridgehead atoms. The first-order valence-electron chi connectivity index (χ1n) is 24.1. The lowest BCUT2D eigenvalue weighted by atomic mass is 10.0. The molecule has 0 radical (unpaired) electrons. The molecule has 12 amide bonds. The lowest BCUT2D eigenvalue weighted by Gasteiger charge is -2.27. The zero-order valence-electron chi connectivity index (χ0n) is 40.3. The van der Waals surface area contributed by atoms with Crippen molar-refractivity contribution < 1.29 is 61.9 Å². The first-order valence-corrected chi connectivity index (χ1v) is 24.1. The third-order valence-electron chi connectivity index (χ3n) is 12.4. The summed E-state index contributed by atoms with van der Waals surface area (Å²) in [6.07, 6.45) is 5.91. The van der Waals surface area contributed by atoms with E-state index in [2.05, 4.69) is 40.4 Å². The predicted octanol–water partition coefficient (Wildman–Crippen LogP) is 2.12. The molecule has 73 heavy (non-hydrogen) atoms. The standard InChI is InChI=1S/C17H19N3O4.C16H18N4O4.C13H9FN2O4.C4H11N/c1-2-3-8-18-10-4-5-11-12(9-10)17(24)20(16(11)23)13-6-7-14(21)19-15(13)22;17-6-1-7-18-9-2-3-10-11(8-9)16(24)20(15(10)23)12-4-5-13(21)19-14(12)22;14-6-1-2-7-8(5-6)13(20)16(12(7)19)9-3-4-10(17)15-11(9)18;1-2-3-4-5/h4-5,9,13,18H,2-3,6-8H2,1H3,(H,19,21,22);2-3,8,12,18H,1,4-7,17H2,(H,19,21,22);1-2,5,9H,3-4H2,(H,15,17,18);2-5H2,1H3. The van der Waals surface area contributed by atoms with E-state index >= 15 is 0 Å². The Kier molecular flexibility index (Phi) is 18.1. The number of hydrogen-bond donors (Lipinski definition) is 7. The molecule has 3 aromatic rings. The zero-order valence-corrected chi connectivity index (χ0v) is 40.3. The maximum Gasteiger partial charge on any atom is 0.262 e. The van der Waals surface area contributed by atoms with E-state index in [1.165, 1.54) is 18.9 Å². The van der Waals surface area contributed by atoms with Crippen LogP contribution in [-0.2, 0) is 28.8 Å². The van der Waals surface area contributed by atoms with Crippen molar-refractivity contribution in [1.82, 2.24) is 30.7 Å². The summed E-state index contributed by atoms with van der Waals surface area (Å²) in [5, 5.41) is 12.8. The minimum Gasteiger partial charge on any atom is -0.385 e. The molecule has 9 N–H and O–H groups in total. The molecule has 3 fully saturated rings. The van der Waals surface area contributed by atoms with Gasteiger partial charge in [0, 0.05) is 43.7 Å². The Balaban J connectivity index is 0.000000171. The highest BCUT2D eigenvalue weighted by molar-refractivity contribution is 6.25. The number of halogens is 1. The van der Waals surface area contributed by atoms with E-state index in [-0.39, 0.29) is 72.6 Å². The third kappa shape index (κ3) is 12.2. The summed E-state index contributed by atoms with van der Waals surface area (Å²) in [7, 11) is 0. The molecule has 3 aromatic carbocycles. The maximum absolute atomic E-state index is 13.2. The normalized spacial score (nSPS) is 19.9. The van der Waals surface area contributed by atoms with Crippen molar-refractivity contribution in [2.75, 3.05) is 36.8 Å². The van der Waals surface area contributed by atoms with E-state index in [1.54, 1.807) is 36.4 Å². The van der Waals surface area contributed by atoms with Gasteiger partial charge in [0.15, 0.2) is 0 Å². The molecular formula is C50H57FN10O12. The molecule has 3 atom stereocenters. The quantitative estimate of drug-likeness (QED) is 0.0953. The summed E-state index contributed by atoms with van der Waals surface area (Å²) < 4.78 is 13.2. The number of anilines is 2. The number of carbonyl (C=O) groups is 12. The molecule has 0 spiro atoms. The number of piperidine rings is 3. The SMILES string of the molecule is CCCCN.CCCCNc1ccc2c(c1)C(=O)N(C1CCC(=O)NC1=O)C2=O.NCCCNc1ccc2c(c1)C(=O)N(C1CCC(=O)NC1=O)C2=O.O=C1CCC(N2C(=O)c3ccc(F)cc3C2=O)C(=O)N1. The molecule has 3 unspecified atom stereocenters. The molecule has 23 heteroatoms. The van der Waals surface area contributed by atoms with Gasteiger partial charge in [-0.25, -0.2) is 4.39 Å². The number of hydrogen-bond acceptors (Lipinski definition) is 16. The van der Waals surface area contributed by atoms with Crippen molar-refractivity contribution >= 4 is 82.3 Å². The number of unbranched alkanes of at least 4 members (excludes halogenated alkanes) is 2. The van der Waals surface area contributed by atoms with Gasteiger partial charge in [-0.1, -0.05) is 26.7 Å². The van der Waals surface area contributed by atoms with Gasteiger partial charge in [0.1, 0.15) is 23.9 Å². The Morgan fingerprint density at radius 1 is 0.466 bits per heavy atom. The van der Waals surface area contributed by atoms with Gasteiger partial charge in [0.25, 0.3) is 35.4 Å². The highest BCUT2D eigenvalue weighted by Gasteiger charge is 2.47. The zero-order chi connectivity index (χ0) is 53.1. The van der Waals surface area contributed by atoms with Gasteiger partial charge in [-0.2, -0.15) is 0 Å². The van der Waals surface area contributed by atoms with E-state index in [1.807, 2.05) is 0 Å². The Bertz CT molecular complexity index is 2640. The van der Waals surface area contributed by atoms with Crippen LogP contribution in [0, 0.1) is 5.82 Å². The molecule has 0 aromatic heterocycles. The van der Waals surface area contributed by atoms with Crippen molar-refractivity contribution in [1.29, 1.82) is 0 Å². The number of rotatable bonds is 13. The van der Waals surface area contributed by atoms with Crippen LogP contribution in [0.3, 0.4) is 0 Å². The first-order chi connectivity index (χ1) is 34.9. The molecule has 6 aliphatic rings. The van der Waals surface area contributed by atoms with E-state index in [0.717, 1.165) is 64.9 Å². The second kappa shape index (κ2) is 24.4. The number of fused-ring (bicyclic) bond motifs is 3. The lowest BCUT2D eigenvalue weighted by molar-refractivity contribution is -0.137. The Labute approximate surface area is 418 Å². The van der Waals surface area contributed by atoms with Crippen LogP contribution >= 0.6 is 0 Å². The van der Waals surface area contributed by atoms with Crippen molar-refractivity contribution in [3.63, 3.8) is 0 Å². The molecular weight excluding hydrogens is 952 g/mol. The van der Waals surface area contributed by atoms with Crippen LogP contribution in [0.1, 0.15) is 147 Å². The molecule has 3 saturated heterocycles. The topological polar surface area (TPSA) is 327 Å². The van der Waals surface area contributed by atoms with Crippen molar-refractivity contribution in [3.05, 3.63) is 93.8 Å². The smallest absolute Gasteiger partial charge is 0.262 e. The van der Waals surface area contributed by atoms with Gasteiger partial charge >= 0.3 is 0 Å². The number of amides is 12. The van der Waals surface area contributed by atoms with Crippen LogP contribution < -0.4 is 38.1 Å². The summed E-state index contributed by atoms with van der Waals surface area (Å²) in [5.74, 6) is -7.05. The number of imide groups is 6. The average Bonchev–Trinajstić information content (AvgIpc) is 3.86. The number of carbonyl (C=O) groups excluding carboxylic acids is 12. The van der Waals surface area contributed by atoms with Crippen LogP contribution in [0.4, 0.5) is 15.8 Å². The van der Waals surface area contributed by atoms with Gasteiger partial charge < -0.3 is 22.1 Å². The third-order valence-corrected chi connectivity index (χ3v) is 12.4. The predicted molar refractivity (Wildman–Crippen MR) is 259 cm³/mol. The van der Waals surface area contributed by atoms with Gasteiger partial charge in [0.2, 0.25) is 35.4 Å². The lowest BCUT2D eigenvalue weighted by Crippen LogP contribution is -2.54. The Morgan fingerprint density at radius 3 is 1.12 bits per heavy atom. The number of benzene rings is 3. The molecule has 0 aliphatic carbocycles. The largest absolute Gasteiger partial charge is 0.385 e. The van der Waals surface area contributed by atoms with E-state index in [4.69, 9.17) is 11.5 Å². The highest BCUT2D eigenvalue weighted by Crippen LogP contribution is 2.32. The molecule has 9 rings (SSSR count). The summed E-state index contributed by atoms with van der Waals surface area (Å²) in [4.78, 5) is 147. The van der Waals surface area contributed by atoms with E-state index < -0.39 is 83.0 Å². The minimum atomic E-state index is -1.02. The molecule has 6 aliphatic heterocycles. The monoisotopic (exact) mass is 1010 g/mol. The number of nitrogens with zero attached hydrogens (tertiary/aromatic N) is 3. The Hall–Kier alpha value is -8.05. The molecule has 0 saturated carbocycles. The van der Waals surface area contributed by atoms with Crippen LogP contribution in [-0.4, -0.2) is 130 Å². The van der Waals surface area contributed by atoms with E-state index in [9.17, 15) is 61.9 Å². The van der Waals surface area contributed by atoms with Crippen LogP contribution in [0.2, 0.25) is 0 Å². The summed E-state index contributed by atoms with van der Waals surface area (Å²) in [6.45, 7) is 7.06. The maximum atomic E-state index is 13.2. The minimum absolute atomic E-state index is 0.0537. The second-order valence-electron chi connectivity index (χ2n) is 17.5. The van der Waals surface area contributed by atoms with Gasteiger partial charge in [-0.05, 0) is 106 Å². The Morgan fingerprint density at radius 2 is 0.795 bits per heavy atom. The fraction of sp³-hybridized carbons (Fsp3) is 0.400. The van der Waals surface area contributed by atoms with Gasteiger partial charge in [-0.15, -0.1) is 0 Å². The van der Waals surface area contributed by atoms with Crippen molar-refractivity contribution in [2.24, 2.45) is 11.5 Å². The second-order valence-corrected chi connectivity index (χ2v) is 17.5. The van der Waals surface area contributed by atoms with Gasteiger partial charge in [0.05, 0.1) is 33.4 Å². The van der Waals surface area contributed by atoms with Crippen molar-refractivity contribution in [3.8, 4) is 0 Å². The molecule has 386 valence electrons. The van der Waals surface area contributed by atoms with Crippen LogP contribution in [0.15, 0.2) is 54.6 Å². The number of nitrogens with two attached hydrogens (primary N) is 2.